The number of carboxylic acids is 1. The second-order valence-electron chi connectivity index (χ2n) is 4.50. The fourth-order valence-corrected chi connectivity index (χ4v) is 1.84. The van der Waals surface area contributed by atoms with E-state index in [1.54, 1.807) is 12.1 Å². The highest BCUT2D eigenvalue weighted by Gasteiger charge is 2.04. The molecule has 108 valence electrons. The maximum Gasteiger partial charge on any atom is 0.335 e. The van der Waals surface area contributed by atoms with Crippen molar-refractivity contribution in [2.24, 2.45) is 0 Å². The van der Waals surface area contributed by atoms with Gasteiger partial charge in [-0.1, -0.05) is 30.3 Å². The monoisotopic (exact) mass is 284 g/mol. The summed E-state index contributed by atoms with van der Waals surface area (Å²) in [5.74, 6) is -0.992. The molecule has 0 spiro atoms. The first-order valence-electron chi connectivity index (χ1n) is 6.57. The minimum Gasteiger partial charge on any atom is -0.478 e. The molecule has 21 heavy (non-hydrogen) atoms. The molecule has 2 rings (SSSR count). The number of rotatable bonds is 5. The Hall–Kier alpha value is -2.82. The number of urea groups is 1. The third kappa shape index (κ3) is 4.65. The molecule has 2 amide bonds. The zero-order chi connectivity index (χ0) is 15.1. The van der Waals surface area contributed by atoms with E-state index in [-0.39, 0.29) is 11.6 Å². The summed E-state index contributed by atoms with van der Waals surface area (Å²) in [4.78, 5) is 22.4. The standard InChI is InChI=1S/C16H16N2O3/c19-15(20)13-6-8-14(9-7-13)18-16(21)17-11-10-12-4-2-1-3-5-12/h1-9H,10-11H2,(H,19,20)(H2,17,18,21). The third-order valence-electron chi connectivity index (χ3n) is 2.93. The van der Waals surface area contributed by atoms with Gasteiger partial charge in [0.1, 0.15) is 0 Å². The number of anilines is 1. The van der Waals surface area contributed by atoms with E-state index in [2.05, 4.69) is 10.6 Å². The van der Waals surface area contributed by atoms with Gasteiger partial charge in [-0.2, -0.15) is 0 Å². The zero-order valence-electron chi connectivity index (χ0n) is 11.4. The summed E-state index contributed by atoms with van der Waals surface area (Å²) in [5.41, 5.74) is 1.89. The summed E-state index contributed by atoms with van der Waals surface area (Å²) in [6.45, 7) is 0.531. The molecule has 0 saturated heterocycles. The van der Waals surface area contributed by atoms with Crippen molar-refractivity contribution >= 4 is 17.7 Å². The molecule has 0 atom stereocenters. The first-order valence-corrected chi connectivity index (χ1v) is 6.57. The lowest BCUT2D eigenvalue weighted by atomic mass is 10.1. The van der Waals surface area contributed by atoms with Gasteiger partial charge >= 0.3 is 12.0 Å². The van der Waals surface area contributed by atoms with E-state index in [1.165, 1.54) is 12.1 Å². The van der Waals surface area contributed by atoms with Crippen molar-refractivity contribution in [2.75, 3.05) is 11.9 Å². The van der Waals surface area contributed by atoms with Gasteiger partial charge in [-0.05, 0) is 36.2 Å². The van der Waals surface area contributed by atoms with Crippen LogP contribution < -0.4 is 10.6 Å². The molecule has 0 unspecified atom stereocenters. The molecular formula is C16H16N2O3. The largest absolute Gasteiger partial charge is 0.478 e. The fourth-order valence-electron chi connectivity index (χ4n) is 1.84. The third-order valence-corrected chi connectivity index (χ3v) is 2.93. The number of amides is 2. The molecule has 2 aromatic rings. The van der Waals surface area contributed by atoms with Crippen LogP contribution in [0.1, 0.15) is 15.9 Å². The Morgan fingerprint density at radius 1 is 0.952 bits per heavy atom. The lowest BCUT2D eigenvalue weighted by Gasteiger charge is -2.08. The predicted molar refractivity (Wildman–Crippen MR) is 80.6 cm³/mol. The summed E-state index contributed by atoms with van der Waals surface area (Å²) < 4.78 is 0. The molecule has 0 aliphatic carbocycles. The van der Waals surface area contributed by atoms with Crippen molar-refractivity contribution in [3.63, 3.8) is 0 Å². The van der Waals surface area contributed by atoms with Crippen molar-refractivity contribution in [1.82, 2.24) is 5.32 Å². The summed E-state index contributed by atoms with van der Waals surface area (Å²) >= 11 is 0. The van der Waals surface area contributed by atoms with Crippen LogP contribution >= 0.6 is 0 Å². The second-order valence-corrected chi connectivity index (χ2v) is 4.50. The maximum atomic E-state index is 11.7. The average Bonchev–Trinajstić information content (AvgIpc) is 2.49. The molecule has 3 N–H and O–H groups in total. The average molecular weight is 284 g/mol. The van der Waals surface area contributed by atoms with Crippen LogP contribution in [0, 0.1) is 0 Å². The number of carbonyl (C=O) groups excluding carboxylic acids is 1. The van der Waals surface area contributed by atoms with Gasteiger partial charge in [0, 0.05) is 12.2 Å². The summed E-state index contributed by atoms with van der Waals surface area (Å²) in [6.07, 6.45) is 0.756. The van der Waals surface area contributed by atoms with Crippen LogP contribution in [0.5, 0.6) is 0 Å². The number of carboxylic acid groups (broad SMARTS) is 1. The molecule has 5 heteroatoms. The smallest absolute Gasteiger partial charge is 0.335 e. The molecule has 0 radical (unpaired) electrons. The van der Waals surface area contributed by atoms with Crippen molar-refractivity contribution < 1.29 is 14.7 Å². The topological polar surface area (TPSA) is 78.4 Å². The first kappa shape index (κ1) is 14.6. The summed E-state index contributed by atoms with van der Waals surface area (Å²) in [7, 11) is 0. The number of aromatic carboxylic acids is 1. The van der Waals surface area contributed by atoms with E-state index >= 15 is 0 Å². The zero-order valence-corrected chi connectivity index (χ0v) is 11.4. The SMILES string of the molecule is O=C(NCCc1ccccc1)Nc1ccc(C(=O)O)cc1. The van der Waals surface area contributed by atoms with E-state index in [9.17, 15) is 9.59 Å². The van der Waals surface area contributed by atoms with Crippen LogP contribution in [0.3, 0.4) is 0 Å². The minimum atomic E-state index is -0.992. The summed E-state index contributed by atoms with van der Waals surface area (Å²) in [5, 5.41) is 14.2. The molecule has 0 bridgehead atoms. The Balaban J connectivity index is 1.78. The Bertz CT molecular complexity index is 609. The van der Waals surface area contributed by atoms with Crippen LogP contribution in [-0.4, -0.2) is 23.7 Å². The summed E-state index contributed by atoms with van der Waals surface area (Å²) in [6, 6.07) is 15.6. The number of hydrogen-bond acceptors (Lipinski definition) is 2. The van der Waals surface area contributed by atoms with E-state index < -0.39 is 5.97 Å². The highest BCUT2D eigenvalue weighted by Crippen LogP contribution is 2.09. The highest BCUT2D eigenvalue weighted by atomic mass is 16.4. The number of hydrogen-bond donors (Lipinski definition) is 3. The van der Waals surface area contributed by atoms with Gasteiger partial charge in [-0.25, -0.2) is 9.59 Å². The van der Waals surface area contributed by atoms with Crippen molar-refractivity contribution in [3.05, 3.63) is 65.7 Å². The van der Waals surface area contributed by atoms with E-state index in [1.807, 2.05) is 30.3 Å². The molecule has 5 nitrogen and oxygen atoms in total. The first-order chi connectivity index (χ1) is 10.1. The number of benzene rings is 2. The second kappa shape index (κ2) is 7.09. The van der Waals surface area contributed by atoms with Crippen LogP contribution in [0.4, 0.5) is 10.5 Å². The van der Waals surface area contributed by atoms with E-state index in [0.29, 0.717) is 12.2 Å². The van der Waals surface area contributed by atoms with Crippen molar-refractivity contribution in [1.29, 1.82) is 0 Å². The lowest BCUT2D eigenvalue weighted by molar-refractivity contribution is 0.0697. The van der Waals surface area contributed by atoms with Crippen LogP contribution in [0.15, 0.2) is 54.6 Å². The Morgan fingerprint density at radius 3 is 2.24 bits per heavy atom. The van der Waals surface area contributed by atoms with Gasteiger partial charge in [0.15, 0.2) is 0 Å². The van der Waals surface area contributed by atoms with Gasteiger partial charge in [0.25, 0.3) is 0 Å². The quantitative estimate of drug-likeness (QED) is 0.790. The number of nitrogens with one attached hydrogen (secondary N) is 2. The van der Waals surface area contributed by atoms with Crippen molar-refractivity contribution in [2.45, 2.75) is 6.42 Å². The molecule has 0 heterocycles. The minimum absolute atomic E-state index is 0.185. The van der Waals surface area contributed by atoms with Crippen LogP contribution in [-0.2, 0) is 6.42 Å². The van der Waals surface area contributed by atoms with E-state index in [4.69, 9.17) is 5.11 Å². The Kier molecular flexibility index (Phi) is 4.93. The van der Waals surface area contributed by atoms with Gasteiger partial charge < -0.3 is 15.7 Å². The van der Waals surface area contributed by atoms with Gasteiger partial charge in [0.05, 0.1) is 5.56 Å². The Labute approximate surface area is 122 Å². The van der Waals surface area contributed by atoms with Gasteiger partial charge in [-0.3, -0.25) is 0 Å². The van der Waals surface area contributed by atoms with Crippen LogP contribution in [0.25, 0.3) is 0 Å². The molecule has 0 aliphatic heterocycles. The molecule has 0 aromatic heterocycles. The molecule has 0 aliphatic rings. The predicted octanol–water partition coefficient (Wildman–Crippen LogP) is 2.75. The normalized spacial score (nSPS) is 9.90. The fraction of sp³-hybridized carbons (Fsp3) is 0.125. The Morgan fingerprint density at radius 2 is 1.62 bits per heavy atom. The van der Waals surface area contributed by atoms with Gasteiger partial charge in [-0.15, -0.1) is 0 Å². The molecular weight excluding hydrogens is 268 g/mol. The van der Waals surface area contributed by atoms with Crippen molar-refractivity contribution in [3.8, 4) is 0 Å². The van der Waals surface area contributed by atoms with E-state index in [0.717, 1.165) is 12.0 Å². The molecule has 0 fully saturated rings. The van der Waals surface area contributed by atoms with Gasteiger partial charge in [0.2, 0.25) is 0 Å². The highest BCUT2D eigenvalue weighted by molar-refractivity contribution is 5.91. The maximum absolute atomic E-state index is 11.7. The molecule has 0 saturated carbocycles. The molecule has 2 aromatic carbocycles. The van der Waals surface area contributed by atoms with Crippen LogP contribution in [0.2, 0.25) is 0 Å². The lowest BCUT2D eigenvalue weighted by Crippen LogP contribution is -2.30. The number of carbonyl (C=O) groups is 2.